The number of anilines is 1. The first-order valence-electron chi connectivity index (χ1n) is 8.27. The van der Waals surface area contributed by atoms with E-state index in [-0.39, 0.29) is 24.8 Å². The Morgan fingerprint density at radius 2 is 1.81 bits per heavy atom. The summed E-state index contributed by atoms with van der Waals surface area (Å²) in [6, 6.07) is 10.8. The Balaban J connectivity index is 1.79. The second-order valence-corrected chi connectivity index (χ2v) is 5.64. The zero-order valence-corrected chi connectivity index (χ0v) is 14.8. The van der Waals surface area contributed by atoms with Crippen LogP contribution in [0.15, 0.2) is 42.5 Å². The van der Waals surface area contributed by atoms with E-state index in [0.29, 0.717) is 18.0 Å². The highest BCUT2D eigenvalue weighted by Crippen LogP contribution is 2.25. The van der Waals surface area contributed by atoms with Gasteiger partial charge < -0.3 is 20.7 Å². The third-order valence-corrected chi connectivity index (χ3v) is 3.49. The van der Waals surface area contributed by atoms with Gasteiger partial charge in [0.15, 0.2) is 0 Å². The molecule has 0 radical (unpaired) electrons. The van der Waals surface area contributed by atoms with Crippen molar-refractivity contribution in [1.29, 1.82) is 0 Å². The molecule has 0 aliphatic rings. The van der Waals surface area contributed by atoms with Crippen LogP contribution in [0.4, 0.5) is 14.9 Å². The van der Waals surface area contributed by atoms with Gasteiger partial charge in [0, 0.05) is 6.54 Å². The summed E-state index contributed by atoms with van der Waals surface area (Å²) < 4.78 is 18.3. The molecule has 6 nitrogen and oxygen atoms in total. The lowest BCUT2D eigenvalue weighted by Crippen LogP contribution is -2.39. The molecule has 0 bridgehead atoms. The van der Waals surface area contributed by atoms with Gasteiger partial charge >= 0.3 is 6.03 Å². The quantitative estimate of drug-likeness (QED) is 0.711. The van der Waals surface area contributed by atoms with Gasteiger partial charge in [-0.3, -0.25) is 4.79 Å². The molecule has 3 amide bonds. The average Bonchev–Trinajstić information content (AvgIpc) is 2.62. The number of hydrogen-bond acceptors (Lipinski definition) is 3. The van der Waals surface area contributed by atoms with Crippen molar-refractivity contribution in [2.24, 2.45) is 0 Å². The molecule has 0 aliphatic carbocycles. The lowest BCUT2D eigenvalue weighted by atomic mass is 10.2. The monoisotopic (exact) mass is 359 g/mol. The largest absolute Gasteiger partial charge is 0.492 e. The molecule has 0 aliphatic heterocycles. The predicted molar refractivity (Wildman–Crippen MR) is 97.6 cm³/mol. The molecule has 2 rings (SSSR count). The molecule has 0 aromatic heterocycles. The first-order chi connectivity index (χ1) is 12.5. The van der Waals surface area contributed by atoms with Crippen molar-refractivity contribution in [2.45, 2.75) is 20.4 Å². The van der Waals surface area contributed by atoms with Crippen LogP contribution in [0, 0.1) is 12.7 Å². The highest BCUT2D eigenvalue weighted by atomic mass is 19.1. The van der Waals surface area contributed by atoms with Gasteiger partial charge in [-0.1, -0.05) is 18.2 Å². The first-order valence-corrected chi connectivity index (χ1v) is 8.27. The molecule has 0 heterocycles. The third-order valence-electron chi connectivity index (χ3n) is 3.49. The van der Waals surface area contributed by atoms with E-state index < -0.39 is 6.03 Å². The summed E-state index contributed by atoms with van der Waals surface area (Å²) in [6.07, 6.45) is 0. The zero-order valence-electron chi connectivity index (χ0n) is 14.8. The van der Waals surface area contributed by atoms with Gasteiger partial charge in [-0.2, -0.15) is 0 Å². The van der Waals surface area contributed by atoms with E-state index in [4.69, 9.17) is 4.74 Å². The first kappa shape index (κ1) is 19.2. The highest BCUT2D eigenvalue weighted by Gasteiger charge is 2.09. The van der Waals surface area contributed by atoms with Gasteiger partial charge in [0.1, 0.15) is 11.6 Å². The second kappa shape index (κ2) is 9.41. The number of hydrogen-bond donors (Lipinski definition) is 3. The van der Waals surface area contributed by atoms with Crippen LogP contribution in [0.3, 0.4) is 0 Å². The molecule has 0 saturated heterocycles. The molecular formula is C19H22FN3O3. The number of rotatable bonds is 7. The van der Waals surface area contributed by atoms with Crippen LogP contribution in [0.5, 0.6) is 5.75 Å². The van der Waals surface area contributed by atoms with E-state index in [1.165, 1.54) is 12.1 Å². The molecule has 0 atom stereocenters. The summed E-state index contributed by atoms with van der Waals surface area (Å²) in [4.78, 5) is 23.8. The molecule has 26 heavy (non-hydrogen) atoms. The van der Waals surface area contributed by atoms with Crippen LogP contribution in [-0.4, -0.2) is 25.1 Å². The minimum Gasteiger partial charge on any atom is -0.492 e. The Hall–Kier alpha value is -3.09. The van der Waals surface area contributed by atoms with Crippen LogP contribution < -0.4 is 20.7 Å². The molecule has 2 aromatic rings. The smallest absolute Gasteiger partial charge is 0.315 e. The van der Waals surface area contributed by atoms with Gasteiger partial charge in [-0.25, -0.2) is 9.18 Å². The number of nitrogens with one attached hydrogen (secondary N) is 3. The second-order valence-electron chi connectivity index (χ2n) is 5.64. The fraction of sp³-hybridized carbons (Fsp3) is 0.263. The van der Waals surface area contributed by atoms with E-state index in [1.807, 2.05) is 26.0 Å². The number of carbonyl (C=O) groups is 2. The lowest BCUT2D eigenvalue weighted by Gasteiger charge is -2.13. The van der Waals surface area contributed by atoms with Gasteiger partial charge in [0.2, 0.25) is 5.91 Å². The molecule has 138 valence electrons. The Labute approximate surface area is 151 Å². The molecule has 0 saturated carbocycles. The topological polar surface area (TPSA) is 79.5 Å². The third kappa shape index (κ3) is 6.08. The minimum absolute atomic E-state index is 0.186. The summed E-state index contributed by atoms with van der Waals surface area (Å²) in [5.74, 6) is -0.120. The maximum absolute atomic E-state index is 12.8. The average molecular weight is 359 g/mol. The predicted octanol–water partition coefficient (Wildman–Crippen LogP) is 2.97. The van der Waals surface area contributed by atoms with Crippen LogP contribution in [0.2, 0.25) is 0 Å². The van der Waals surface area contributed by atoms with Crippen molar-refractivity contribution in [3.8, 4) is 5.75 Å². The lowest BCUT2D eigenvalue weighted by molar-refractivity contribution is -0.115. The maximum Gasteiger partial charge on any atom is 0.315 e. The van der Waals surface area contributed by atoms with E-state index >= 15 is 0 Å². The number of carbonyl (C=O) groups excluding carboxylic acids is 2. The molecule has 3 N–H and O–H groups in total. The van der Waals surface area contributed by atoms with Crippen molar-refractivity contribution >= 4 is 17.6 Å². The molecule has 2 aromatic carbocycles. The van der Waals surface area contributed by atoms with Crippen molar-refractivity contribution in [1.82, 2.24) is 10.6 Å². The Bertz CT molecular complexity index is 763. The van der Waals surface area contributed by atoms with Crippen LogP contribution in [0.25, 0.3) is 0 Å². The molecule has 0 unspecified atom stereocenters. The van der Waals surface area contributed by atoms with Crippen molar-refractivity contribution in [2.75, 3.05) is 18.5 Å². The SMILES string of the molecule is CCOc1cc(C)ccc1NC(=O)CNC(=O)NCc1ccc(F)cc1. The fourth-order valence-electron chi connectivity index (χ4n) is 2.21. The fourth-order valence-corrected chi connectivity index (χ4v) is 2.21. The highest BCUT2D eigenvalue weighted by molar-refractivity contribution is 5.95. The van der Waals surface area contributed by atoms with Crippen molar-refractivity contribution in [3.63, 3.8) is 0 Å². The standard InChI is InChI=1S/C19H22FN3O3/c1-3-26-17-10-13(2)4-9-16(17)23-18(24)12-22-19(25)21-11-14-5-7-15(20)8-6-14/h4-10H,3,11-12H2,1-2H3,(H,23,24)(H2,21,22,25). The van der Waals surface area contributed by atoms with Crippen LogP contribution >= 0.6 is 0 Å². The van der Waals surface area contributed by atoms with Crippen LogP contribution in [-0.2, 0) is 11.3 Å². The normalized spacial score (nSPS) is 10.1. The van der Waals surface area contributed by atoms with E-state index in [1.54, 1.807) is 18.2 Å². The number of urea groups is 1. The van der Waals surface area contributed by atoms with Gasteiger partial charge in [0.05, 0.1) is 18.8 Å². The zero-order chi connectivity index (χ0) is 18.9. The molecule has 0 spiro atoms. The minimum atomic E-state index is -0.488. The van der Waals surface area contributed by atoms with Crippen LogP contribution in [0.1, 0.15) is 18.1 Å². The summed E-state index contributed by atoms with van der Waals surface area (Å²) in [5, 5.41) is 7.78. The summed E-state index contributed by atoms with van der Waals surface area (Å²) >= 11 is 0. The van der Waals surface area contributed by atoms with Crippen molar-refractivity contribution < 1.29 is 18.7 Å². The van der Waals surface area contributed by atoms with E-state index in [2.05, 4.69) is 16.0 Å². The Kier molecular flexibility index (Phi) is 6.96. The van der Waals surface area contributed by atoms with Gasteiger partial charge in [-0.05, 0) is 49.2 Å². The number of halogens is 1. The number of amides is 3. The van der Waals surface area contributed by atoms with Crippen molar-refractivity contribution in [3.05, 3.63) is 59.4 Å². The number of aryl methyl sites for hydroxylation is 1. The Morgan fingerprint density at radius 3 is 2.50 bits per heavy atom. The summed E-state index contributed by atoms with van der Waals surface area (Å²) in [5.41, 5.74) is 2.33. The summed E-state index contributed by atoms with van der Waals surface area (Å²) in [7, 11) is 0. The summed E-state index contributed by atoms with van der Waals surface area (Å²) in [6.45, 7) is 4.33. The molecular weight excluding hydrogens is 337 g/mol. The maximum atomic E-state index is 12.8. The molecule has 7 heteroatoms. The van der Waals surface area contributed by atoms with E-state index in [9.17, 15) is 14.0 Å². The number of benzene rings is 2. The van der Waals surface area contributed by atoms with Gasteiger partial charge in [0.25, 0.3) is 0 Å². The number of ether oxygens (including phenoxy) is 1. The van der Waals surface area contributed by atoms with E-state index in [0.717, 1.165) is 11.1 Å². The molecule has 0 fully saturated rings. The van der Waals surface area contributed by atoms with Gasteiger partial charge in [-0.15, -0.1) is 0 Å². The Morgan fingerprint density at radius 1 is 1.08 bits per heavy atom.